The molecule has 4 rings (SSSR count). The molecule has 9 nitrogen and oxygen atoms in total. The van der Waals surface area contributed by atoms with Crippen LogP contribution in [0.25, 0.3) is 0 Å². The number of rotatable bonds is 6. The Morgan fingerprint density at radius 3 is 2.68 bits per heavy atom. The lowest BCUT2D eigenvalue weighted by Gasteiger charge is -2.37. The largest absolute Gasteiger partial charge is 0.350 e. The number of carbonyl (C=O) groups is 2. The number of para-hydroxylation sites is 2. The smallest absolute Gasteiger partial charge is 0.265 e. The zero-order valence-electron chi connectivity index (χ0n) is 18.4. The Kier molecular flexibility index (Phi) is 6.54. The Hall–Kier alpha value is -3.50. The normalized spacial score (nSPS) is 15.4. The van der Waals surface area contributed by atoms with Crippen molar-refractivity contribution in [2.45, 2.75) is 37.8 Å². The third kappa shape index (κ3) is 4.59. The number of nitrogens with one attached hydrogen (secondary N) is 2. The molecule has 176 valence electrons. The number of halogens is 1. The van der Waals surface area contributed by atoms with E-state index in [9.17, 15) is 18.0 Å². The average Bonchev–Trinajstić information content (AvgIpc) is 2.81. The van der Waals surface area contributed by atoms with E-state index < -0.39 is 27.9 Å². The molecule has 11 heteroatoms. The quantitative estimate of drug-likeness (QED) is 0.537. The number of benzene rings is 2. The first-order chi connectivity index (χ1) is 16.2. The Bertz CT molecular complexity index is 1370. The van der Waals surface area contributed by atoms with Gasteiger partial charge in [-0.25, -0.2) is 8.42 Å². The summed E-state index contributed by atoms with van der Waals surface area (Å²) in [5.74, 6) is -1.10. The van der Waals surface area contributed by atoms with Gasteiger partial charge >= 0.3 is 0 Å². The van der Waals surface area contributed by atoms with Crippen molar-refractivity contribution in [3.63, 3.8) is 0 Å². The van der Waals surface area contributed by atoms with Crippen molar-refractivity contribution in [3.8, 4) is 0 Å². The molecule has 0 fully saturated rings. The summed E-state index contributed by atoms with van der Waals surface area (Å²) in [4.78, 5) is 33.8. The molecular weight excluding hydrogens is 478 g/mol. The van der Waals surface area contributed by atoms with Gasteiger partial charge in [0.1, 0.15) is 6.04 Å². The van der Waals surface area contributed by atoms with Gasteiger partial charge in [-0.3, -0.25) is 23.9 Å². The van der Waals surface area contributed by atoms with E-state index in [0.717, 1.165) is 4.31 Å². The molecule has 2 amide bonds. The monoisotopic (exact) mass is 499 g/mol. The van der Waals surface area contributed by atoms with E-state index >= 15 is 0 Å². The van der Waals surface area contributed by atoms with E-state index in [0.29, 0.717) is 27.5 Å². The van der Waals surface area contributed by atoms with Gasteiger partial charge in [-0.2, -0.15) is 0 Å². The molecule has 3 aromatic rings. The molecule has 1 aliphatic rings. The Labute approximate surface area is 202 Å². The van der Waals surface area contributed by atoms with Crippen LogP contribution in [0.2, 0.25) is 5.02 Å². The number of hydrogen-bond donors (Lipinski definition) is 2. The first-order valence-electron chi connectivity index (χ1n) is 10.4. The molecule has 0 aliphatic carbocycles. The molecule has 1 aromatic heterocycles. The van der Waals surface area contributed by atoms with E-state index in [1.807, 2.05) is 0 Å². The number of hydrogen-bond acceptors (Lipinski definition) is 6. The van der Waals surface area contributed by atoms with Gasteiger partial charge in [0.2, 0.25) is 11.8 Å². The van der Waals surface area contributed by atoms with Crippen LogP contribution in [0.4, 0.5) is 11.4 Å². The fraction of sp³-hybridized carbons (Fsp3) is 0.217. The number of aromatic nitrogens is 2. The van der Waals surface area contributed by atoms with Crippen molar-refractivity contribution in [1.82, 2.24) is 15.3 Å². The minimum absolute atomic E-state index is 0.0175. The minimum Gasteiger partial charge on any atom is -0.350 e. The van der Waals surface area contributed by atoms with Crippen molar-refractivity contribution >= 4 is 44.8 Å². The molecule has 1 unspecified atom stereocenters. The highest BCUT2D eigenvalue weighted by atomic mass is 35.5. The Balaban J connectivity index is 1.71. The van der Waals surface area contributed by atoms with Gasteiger partial charge in [0.25, 0.3) is 10.0 Å². The summed E-state index contributed by atoms with van der Waals surface area (Å²) in [6, 6.07) is 8.32. The van der Waals surface area contributed by atoms with Crippen LogP contribution >= 0.6 is 11.6 Å². The molecule has 0 bridgehead atoms. The van der Waals surface area contributed by atoms with Gasteiger partial charge in [0, 0.05) is 17.4 Å². The summed E-state index contributed by atoms with van der Waals surface area (Å²) < 4.78 is 28.8. The van der Waals surface area contributed by atoms with Crippen LogP contribution < -0.4 is 14.9 Å². The molecule has 2 aromatic carbocycles. The molecule has 1 aliphatic heterocycles. The zero-order valence-corrected chi connectivity index (χ0v) is 20.0. The fourth-order valence-electron chi connectivity index (χ4n) is 3.73. The van der Waals surface area contributed by atoms with Crippen molar-refractivity contribution in [1.29, 1.82) is 0 Å². The first-order valence-corrected chi connectivity index (χ1v) is 12.2. The number of amides is 2. The maximum atomic E-state index is 13.9. The molecule has 0 saturated heterocycles. The van der Waals surface area contributed by atoms with Gasteiger partial charge in [0.15, 0.2) is 0 Å². The molecule has 34 heavy (non-hydrogen) atoms. The lowest BCUT2D eigenvalue weighted by atomic mass is 10.1. The second kappa shape index (κ2) is 9.40. The Morgan fingerprint density at radius 1 is 1.18 bits per heavy atom. The topological polar surface area (TPSA) is 121 Å². The molecule has 1 atom stereocenters. The van der Waals surface area contributed by atoms with Gasteiger partial charge in [-0.1, -0.05) is 23.7 Å². The summed E-state index contributed by atoms with van der Waals surface area (Å²) >= 11 is 6.17. The lowest BCUT2D eigenvalue weighted by Crippen LogP contribution is -2.52. The first kappa shape index (κ1) is 23.7. The van der Waals surface area contributed by atoms with Crippen molar-refractivity contribution in [3.05, 3.63) is 76.8 Å². The third-order valence-corrected chi connectivity index (χ3v) is 7.81. The highest BCUT2D eigenvalue weighted by Gasteiger charge is 2.42. The molecular formula is C23H22ClN5O4S. The molecule has 0 saturated carbocycles. The second-order valence-electron chi connectivity index (χ2n) is 7.87. The van der Waals surface area contributed by atoms with E-state index in [2.05, 4.69) is 20.6 Å². The summed E-state index contributed by atoms with van der Waals surface area (Å²) in [6.07, 6.45) is 4.13. The molecule has 2 N–H and O–H groups in total. The minimum atomic E-state index is -4.23. The summed E-state index contributed by atoms with van der Waals surface area (Å²) in [5, 5.41) is 5.82. The standard InChI is InChI=1S/C23H22ClN5O4S/c1-14-10-21(15(2)9-17(14)24)34(32,33)29-19-6-4-3-5-18(19)28-23(31)20(29)11-22(30)27-13-16-12-25-7-8-26-16/h3-10,12,20H,11,13H2,1-2H3,(H,27,30)(H,28,31). The number of carbonyl (C=O) groups excluding carboxylic acids is 2. The molecule has 0 spiro atoms. The number of aryl methyl sites for hydroxylation is 2. The van der Waals surface area contributed by atoms with Crippen LogP contribution in [0, 0.1) is 13.8 Å². The van der Waals surface area contributed by atoms with Gasteiger partial charge < -0.3 is 10.6 Å². The number of nitrogens with zero attached hydrogens (tertiary/aromatic N) is 3. The predicted molar refractivity (Wildman–Crippen MR) is 128 cm³/mol. The molecule has 0 radical (unpaired) electrons. The van der Waals surface area contributed by atoms with Crippen LogP contribution in [-0.2, 0) is 26.2 Å². The van der Waals surface area contributed by atoms with Gasteiger partial charge in [-0.05, 0) is 49.2 Å². The van der Waals surface area contributed by atoms with E-state index in [4.69, 9.17) is 11.6 Å². The van der Waals surface area contributed by atoms with Crippen molar-refractivity contribution in [2.75, 3.05) is 9.62 Å². The van der Waals surface area contributed by atoms with Crippen molar-refractivity contribution < 1.29 is 18.0 Å². The third-order valence-electron chi connectivity index (χ3n) is 5.44. The summed E-state index contributed by atoms with van der Waals surface area (Å²) in [5.41, 5.74) is 2.17. The second-order valence-corrected chi connectivity index (χ2v) is 10.1. The maximum Gasteiger partial charge on any atom is 0.265 e. The summed E-state index contributed by atoms with van der Waals surface area (Å²) in [7, 11) is -4.23. The van der Waals surface area contributed by atoms with E-state index in [1.165, 1.54) is 24.7 Å². The van der Waals surface area contributed by atoms with Gasteiger partial charge in [-0.15, -0.1) is 0 Å². The zero-order chi connectivity index (χ0) is 24.5. The summed E-state index contributed by atoms with van der Waals surface area (Å²) in [6.45, 7) is 3.44. The number of sulfonamides is 1. The van der Waals surface area contributed by atoms with Crippen LogP contribution in [0.15, 0.2) is 59.9 Å². The van der Waals surface area contributed by atoms with Crippen LogP contribution in [0.3, 0.4) is 0 Å². The molecule has 2 heterocycles. The Morgan fingerprint density at radius 2 is 1.94 bits per heavy atom. The fourth-order valence-corrected chi connectivity index (χ4v) is 5.88. The van der Waals surface area contributed by atoms with E-state index in [-0.39, 0.29) is 23.5 Å². The lowest BCUT2D eigenvalue weighted by molar-refractivity contribution is -0.125. The number of anilines is 2. The predicted octanol–water partition coefficient (Wildman–Crippen LogP) is 2.97. The van der Waals surface area contributed by atoms with Crippen LogP contribution in [-0.4, -0.2) is 36.2 Å². The van der Waals surface area contributed by atoms with E-state index in [1.54, 1.807) is 44.2 Å². The number of fused-ring (bicyclic) bond motifs is 1. The highest BCUT2D eigenvalue weighted by Crippen LogP contribution is 2.38. The van der Waals surface area contributed by atoms with Crippen molar-refractivity contribution in [2.24, 2.45) is 0 Å². The highest BCUT2D eigenvalue weighted by molar-refractivity contribution is 7.93. The SMILES string of the molecule is Cc1cc(S(=O)(=O)N2c3ccccc3NC(=O)C2CC(=O)NCc2cnccn2)c(C)cc1Cl. The van der Waals surface area contributed by atoms with Gasteiger partial charge in [0.05, 0.1) is 41.1 Å². The average molecular weight is 500 g/mol. The maximum absolute atomic E-state index is 13.9. The van der Waals surface area contributed by atoms with Crippen LogP contribution in [0.5, 0.6) is 0 Å². The van der Waals surface area contributed by atoms with Crippen LogP contribution in [0.1, 0.15) is 23.2 Å².